The minimum Gasteiger partial charge on any atom is -0.392 e. The van der Waals surface area contributed by atoms with E-state index in [0.717, 1.165) is 24.2 Å². The Balaban J connectivity index is 2.18. The number of aromatic nitrogens is 1. The number of hydrogen-bond acceptors (Lipinski definition) is 4. The predicted octanol–water partition coefficient (Wildman–Crippen LogP) is 0.781. The van der Waals surface area contributed by atoms with Crippen molar-refractivity contribution in [1.82, 2.24) is 4.98 Å². The molecular formula is C12H18N2O2. The number of hydrogen-bond donors (Lipinski definition) is 2. The van der Waals surface area contributed by atoms with Crippen LogP contribution in [-0.2, 0) is 6.61 Å². The van der Waals surface area contributed by atoms with Gasteiger partial charge in [-0.05, 0) is 18.4 Å². The largest absolute Gasteiger partial charge is 0.392 e. The number of piperidine rings is 1. The predicted molar refractivity (Wildman–Crippen MR) is 62.2 cm³/mol. The van der Waals surface area contributed by atoms with Crippen molar-refractivity contribution in [3.63, 3.8) is 0 Å². The number of pyridine rings is 1. The van der Waals surface area contributed by atoms with Gasteiger partial charge in [0.2, 0.25) is 0 Å². The molecule has 1 aromatic heterocycles. The smallest absolute Gasteiger partial charge is 0.0741 e. The molecule has 0 amide bonds. The lowest BCUT2D eigenvalue weighted by Gasteiger charge is -2.36. The van der Waals surface area contributed by atoms with E-state index < -0.39 is 0 Å². The highest BCUT2D eigenvalue weighted by molar-refractivity contribution is 5.51. The molecule has 0 radical (unpaired) electrons. The van der Waals surface area contributed by atoms with Crippen molar-refractivity contribution in [3.05, 3.63) is 24.0 Å². The van der Waals surface area contributed by atoms with Crippen molar-refractivity contribution in [2.24, 2.45) is 5.92 Å². The molecule has 4 heteroatoms. The Bertz CT molecular complexity index is 357. The molecule has 88 valence electrons. The Morgan fingerprint density at radius 1 is 1.56 bits per heavy atom. The Hall–Kier alpha value is -1.13. The van der Waals surface area contributed by atoms with Crippen LogP contribution in [0.3, 0.4) is 0 Å². The van der Waals surface area contributed by atoms with Crippen LogP contribution in [-0.4, -0.2) is 34.4 Å². The van der Waals surface area contributed by atoms with E-state index in [4.69, 9.17) is 0 Å². The lowest BCUT2D eigenvalue weighted by Crippen LogP contribution is -2.43. The summed E-state index contributed by atoms with van der Waals surface area (Å²) in [5.74, 6) is 0.352. The standard InChI is InChI=1S/C12H18N2O2/c1-9-3-5-14(7-12(9)16)11-6-13-4-2-10(11)8-15/h2,4,6,9,12,15-16H,3,5,7-8H2,1H3. The molecule has 2 N–H and O–H groups in total. The van der Waals surface area contributed by atoms with Crippen molar-refractivity contribution in [1.29, 1.82) is 0 Å². The minimum absolute atomic E-state index is 0.0139. The Morgan fingerprint density at radius 3 is 3.06 bits per heavy atom. The molecule has 1 aliphatic rings. The van der Waals surface area contributed by atoms with Gasteiger partial charge in [-0.25, -0.2) is 0 Å². The molecule has 0 bridgehead atoms. The third-order valence-electron chi connectivity index (χ3n) is 3.32. The molecule has 16 heavy (non-hydrogen) atoms. The van der Waals surface area contributed by atoms with Gasteiger partial charge in [0, 0.05) is 24.8 Å². The van der Waals surface area contributed by atoms with Gasteiger partial charge in [0.25, 0.3) is 0 Å². The summed E-state index contributed by atoms with van der Waals surface area (Å²) in [5, 5.41) is 19.1. The number of rotatable bonds is 2. The molecule has 1 aromatic rings. The van der Waals surface area contributed by atoms with E-state index in [0.29, 0.717) is 12.5 Å². The average molecular weight is 222 g/mol. The van der Waals surface area contributed by atoms with Gasteiger partial charge in [0.1, 0.15) is 0 Å². The lowest BCUT2D eigenvalue weighted by atomic mass is 9.95. The summed E-state index contributed by atoms with van der Waals surface area (Å²) >= 11 is 0. The zero-order valence-corrected chi connectivity index (χ0v) is 9.50. The van der Waals surface area contributed by atoms with E-state index in [1.165, 1.54) is 0 Å². The van der Waals surface area contributed by atoms with Gasteiger partial charge in [-0.15, -0.1) is 0 Å². The van der Waals surface area contributed by atoms with Gasteiger partial charge in [0.15, 0.2) is 0 Å². The van der Waals surface area contributed by atoms with E-state index in [-0.39, 0.29) is 12.7 Å². The second-order valence-electron chi connectivity index (χ2n) is 4.44. The molecule has 2 rings (SSSR count). The van der Waals surface area contributed by atoms with E-state index in [1.807, 2.05) is 6.07 Å². The SMILES string of the molecule is CC1CCN(c2cnccc2CO)CC1O. The van der Waals surface area contributed by atoms with Gasteiger partial charge < -0.3 is 15.1 Å². The van der Waals surface area contributed by atoms with Crippen molar-refractivity contribution in [2.45, 2.75) is 26.1 Å². The first-order valence-electron chi connectivity index (χ1n) is 5.69. The monoisotopic (exact) mass is 222 g/mol. The van der Waals surface area contributed by atoms with Crippen LogP contribution in [0.4, 0.5) is 5.69 Å². The van der Waals surface area contributed by atoms with Gasteiger partial charge in [-0.3, -0.25) is 4.98 Å². The molecule has 2 heterocycles. The number of aliphatic hydroxyl groups excluding tert-OH is 2. The topological polar surface area (TPSA) is 56.6 Å². The quantitative estimate of drug-likeness (QED) is 0.776. The highest BCUT2D eigenvalue weighted by Gasteiger charge is 2.25. The Morgan fingerprint density at radius 2 is 2.38 bits per heavy atom. The van der Waals surface area contributed by atoms with Gasteiger partial charge in [-0.1, -0.05) is 6.92 Å². The van der Waals surface area contributed by atoms with Crippen LogP contribution < -0.4 is 4.90 Å². The van der Waals surface area contributed by atoms with Crippen LogP contribution in [0.25, 0.3) is 0 Å². The van der Waals surface area contributed by atoms with Crippen LogP contribution in [0.2, 0.25) is 0 Å². The highest BCUT2D eigenvalue weighted by Crippen LogP contribution is 2.25. The molecule has 4 nitrogen and oxygen atoms in total. The summed E-state index contributed by atoms with van der Waals surface area (Å²) in [5.41, 5.74) is 1.81. The van der Waals surface area contributed by atoms with Crippen LogP contribution in [0.1, 0.15) is 18.9 Å². The zero-order valence-electron chi connectivity index (χ0n) is 9.50. The van der Waals surface area contributed by atoms with Crippen molar-refractivity contribution < 1.29 is 10.2 Å². The number of nitrogens with zero attached hydrogens (tertiary/aromatic N) is 2. The molecule has 2 atom stereocenters. The zero-order chi connectivity index (χ0) is 11.5. The molecule has 2 unspecified atom stereocenters. The number of β-amino-alcohol motifs (C(OH)–C–C–N with tert-alkyl or cyclic N) is 1. The van der Waals surface area contributed by atoms with E-state index in [2.05, 4.69) is 16.8 Å². The van der Waals surface area contributed by atoms with Crippen LogP contribution in [0.5, 0.6) is 0 Å². The van der Waals surface area contributed by atoms with Crippen LogP contribution >= 0.6 is 0 Å². The Labute approximate surface area is 95.5 Å². The first-order valence-corrected chi connectivity index (χ1v) is 5.69. The van der Waals surface area contributed by atoms with Crippen LogP contribution in [0.15, 0.2) is 18.5 Å². The molecule has 1 aliphatic heterocycles. The summed E-state index contributed by atoms with van der Waals surface area (Å²) in [6.45, 7) is 3.62. The fourth-order valence-electron chi connectivity index (χ4n) is 2.10. The van der Waals surface area contributed by atoms with E-state index >= 15 is 0 Å². The maximum absolute atomic E-state index is 9.85. The van der Waals surface area contributed by atoms with E-state index in [9.17, 15) is 10.2 Å². The second kappa shape index (κ2) is 4.80. The third kappa shape index (κ3) is 2.18. The number of aliphatic hydroxyl groups is 2. The maximum atomic E-state index is 9.85. The summed E-state index contributed by atoms with van der Waals surface area (Å²) in [6, 6.07) is 1.82. The molecular weight excluding hydrogens is 204 g/mol. The van der Waals surface area contributed by atoms with Crippen LogP contribution in [0, 0.1) is 5.92 Å². The fourth-order valence-corrected chi connectivity index (χ4v) is 2.10. The number of anilines is 1. The molecule has 1 fully saturated rings. The van der Waals surface area contributed by atoms with E-state index in [1.54, 1.807) is 12.4 Å². The third-order valence-corrected chi connectivity index (χ3v) is 3.32. The summed E-state index contributed by atoms with van der Waals surface area (Å²) in [4.78, 5) is 6.18. The normalized spacial score (nSPS) is 25.8. The second-order valence-corrected chi connectivity index (χ2v) is 4.44. The van der Waals surface area contributed by atoms with Gasteiger partial charge in [0.05, 0.1) is 24.6 Å². The van der Waals surface area contributed by atoms with Crippen molar-refractivity contribution in [2.75, 3.05) is 18.0 Å². The molecule has 0 aromatic carbocycles. The lowest BCUT2D eigenvalue weighted by molar-refractivity contribution is 0.102. The first-order chi connectivity index (χ1) is 7.72. The molecule has 0 saturated carbocycles. The molecule has 0 aliphatic carbocycles. The van der Waals surface area contributed by atoms with Crippen molar-refractivity contribution >= 4 is 5.69 Å². The molecule has 1 saturated heterocycles. The highest BCUT2D eigenvalue weighted by atomic mass is 16.3. The van der Waals surface area contributed by atoms with Crippen molar-refractivity contribution in [3.8, 4) is 0 Å². The summed E-state index contributed by atoms with van der Waals surface area (Å²) in [6.07, 6.45) is 4.12. The average Bonchev–Trinajstić information content (AvgIpc) is 2.32. The first kappa shape index (κ1) is 11.4. The summed E-state index contributed by atoms with van der Waals surface area (Å²) < 4.78 is 0. The minimum atomic E-state index is -0.291. The maximum Gasteiger partial charge on any atom is 0.0741 e. The molecule has 0 spiro atoms. The fraction of sp³-hybridized carbons (Fsp3) is 0.583. The van der Waals surface area contributed by atoms with Gasteiger partial charge in [-0.2, -0.15) is 0 Å². The Kier molecular flexibility index (Phi) is 3.41. The summed E-state index contributed by atoms with van der Waals surface area (Å²) in [7, 11) is 0. The van der Waals surface area contributed by atoms with Gasteiger partial charge >= 0.3 is 0 Å².